The Bertz CT molecular complexity index is 557. The molecule has 0 aromatic heterocycles. The summed E-state index contributed by atoms with van der Waals surface area (Å²) in [7, 11) is 0. The zero-order chi connectivity index (χ0) is 13.3. The number of thioether (sulfide) groups is 1. The molecular formula is C12H10ClNO2S2. The lowest BCUT2D eigenvalue weighted by atomic mass is 10.4. The molecule has 1 aliphatic heterocycles. The van der Waals surface area contributed by atoms with Crippen LogP contribution in [0.3, 0.4) is 0 Å². The fourth-order valence-electron chi connectivity index (χ4n) is 1.55. The maximum Gasteiger partial charge on any atom is 0.273 e. The highest BCUT2D eigenvalue weighted by Crippen LogP contribution is 2.38. The number of amides is 2. The van der Waals surface area contributed by atoms with Gasteiger partial charge in [0.1, 0.15) is 9.94 Å². The molecule has 2 rings (SSSR count). The van der Waals surface area contributed by atoms with Crippen molar-refractivity contribution in [2.24, 2.45) is 0 Å². The van der Waals surface area contributed by atoms with Crippen molar-refractivity contribution in [2.45, 2.75) is 16.7 Å². The molecule has 1 aromatic rings. The fourth-order valence-corrected chi connectivity index (χ4v) is 3.06. The molecule has 0 saturated carbocycles. The number of nitrogens with zero attached hydrogens (tertiary/aromatic N) is 1. The number of imide groups is 1. The van der Waals surface area contributed by atoms with Crippen molar-refractivity contribution < 1.29 is 9.59 Å². The number of likely N-dealkylation sites (N-methyl/N-ethyl adjacent to an activating group) is 1. The monoisotopic (exact) mass is 299 g/mol. The van der Waals surface area contributed by atoms with Crippen molar-refractivity contribution in [3.8, 4) is 0 Å². The third-order valence-corrected chi connectivity index (χ3v) is 4.63. The Kier molecular flexibility index (Phi) is 4.04. The molecule has 0 radical (unpaired) electrons. The Morgan fingerprint density at radius 2 is 1.94 bits per heavy atom. The van der Waals surface area contributed by atoms with E-state index in [1.807, 2.05) is 24.3 Å². The molecule has 0 N–H and O–H groups in total. The Hall–Kier alpha value is -0.910. The molecule has 1 aromatic carbocycles. The molecule has 0 saturated heterocycles. The number of rotatable bonds is 3. The summed E-state index contributed by atoms with van der Waals surface area (Å²) in [6.07, 6.45) is 0. The van der Waals surface area contributed by atoms with E-state index in [2.05, 4.69) is 12.6 Å². The summed E-state index contributed by atoms with van der Waals surface area (Å²) in [5, 5.41) is -0.0107. The molecule has 18 heavy (non-hydrogen) atoms. The predicted molar refractivity (Wildman–Crippen MR) is 74.8 cm³/mol. The lowest BCUT2D eigenvalue weighted by Gasteiger charge is -2.10. The van der Waals surface area contributed by atoms with Gasteiger partial charge in [-0.15, -0.1) is 12.6 Å². The molecule has 0 bridgehead atoms. The third-order valence-electron chi connectivity index (χ3n) is 2.47. The Labute approximate surface area is 120 Å². The second-order valence-electron chi connectivity index (χ2n) is 3.57. The maximum absolute atomic E-state index is 12.0. The molecule has 3 nitrogen and oxygen atoms in total. The summed E-state index contributed by atoms with van der Waals surface area (Å²) in [6, 6.07) is 7.34. The van der Waals surface area contributed by atoms with E-state index in [0.717, 1.165) is 14.7 Å². The van der Waals surface area contributed by atoms with Crippen molar-refractivity contribution in [3.63, 3.8) is 0 Å². The van der Waals surface area contributed by atoms with Crippen LogP contribution in [0, 0.1) is 0 Å². The SMILES string of the molecule is CCN1C(=O)C(Cl)=C(Sc2ccccc2S)C1=O. The first kappa shape index (κ1) is 13.5. The highest BCUT2D eigenvalue weighted by Gasteiger charge is 2.37. The largest absolute Gasteiger partial charge is 0.273 e. The minimum atomic E-state index is -0.427. The Balaban J connectivity index is 2.33. The summed E-state index contributed by atoms with van der Waals surface area (Å²) in [4.78, 5) is 26.6. The Morgan fingerprint density at radius 3 is 2.50 bits per heavy atom. The zero-order valence-corrected chi connectivity index (χ0v) is 12.0. The van der Waals surface area contributed by atoms with Gasteiger partial charge in [-0.3, -0.25) is 14.5 Å². The van der Waals surface area contributed by atoms with Crippen LogP contribution in [0.2, 0.25) is 0 Å². The summed E-state index contributed by atoms with van der Waals surface area (Å²) >= 11 is 11.4. The van der Waals surface area contributed by atoms with E-state index in [9.17, 15) is 9.59 Å². The van der Waals surface area contributed by atoms with Gasteiger partial charge in [-0.25, -0.2) is 0 Å². The standard InChI is InChI=1S/C12H10ClNO2S2/c1-2-14-11(15)9(13)10(12(14)16)18-8-6-4-3-5-7(8)17/h3-6,17H,2H2,1H3. The average Bonchev–Trinajstić information content (AvgIpc) is 2.56. The van der Waals surface area contributed by atoms with Crippen LogP contribution in [0.1, 0.15) is 6.92 Å². The van der Waals surface area contributed by atoms with E-state index in [1.54, 1.807) is 6.92 Å². The van der Waals surface area contributed by atoms with Gasteiger partial charge in [0.15, 0.2) is 0 Å². The van der Waals surface area contributed by atoms with Gasteiger partial charge in [0.05, 0.1) is 0 Å². The van der Waals surface area contributed by atoms with E-state index in [0.29, 0.717) is 6.54 Å². The number of thiol groups is 1. The second-order valence-corrected chi connectivity index (χ2v) is 5.48. The highest BCUT2D eigenvalue weighted by atomic mass is 35.5. The van der Waals surface area contributed by atoms with E-state index >= 15 is 0 Å². The van der Waals surface area contributed by atoms with E-state index in [4.69, 9.17) is 11.6 Å². The van der Waals surface area contributed by atoms with Crippen LogP contribution in [0.15, 0.2) is 44.0 Å². The molecule has 2 amide bonds. The normalized spacial score (nSPS) is 15.8. The van der Waals surface area contributed by atoms with Crippen LogP contribution in [0.25, 0.3) is 0 Å². The van der Waals surface area contributed by atoms with Crippen LogP contribution >= 0.6 is 36.0 Å². The summed E-state index contributed by atoms with van der Waals surface area (Å²) < 4.78 is 0. The molecule has 94 valence electrons. The minimum Gasteiger partial charge on any atom is -0.273 e. The van der Waals surface area contributed by atoms with E-state index < -0.39 is 5.91 Å². The van der Waals surface area contributed by atoms with Crippen molar-refractivity contribution in [2.75, 3.05) is 6.54 Å². The van der Waals surface area contributed by atoms with Crippen LogP contribution in [-0.4, -0.2) is 23.3 Å². The molecule has 0 unspecified atom stereocenters. The Morgan fingerprint density at radius 1 is 1.28 bits per heavy atom. The topological polar surface area (TPSA) is 37.4 Å². The summed E-state index contributed by atoms with van der Waals surface area (Å²) in [5.74, 6) is -0.766. The quantitative estimate of drug-likeness (QED) is 0.689. The number of carbonyl (C=O) groups is 2. The molecular weight excluding hydrogens is 290 g/mol. The van der Waals surface area contributed by atoms with Gasteiger partial charge in [0.25, 0.3) is 11.8 Å². The zero-order valence-electron chi connectivity index (χ0n) is 9.51. The highest BCUT2D eigenvalue weighted by molar-refractivity contribution is 8.04. The molecule has 1 aliphatic rings. The van der Waals surface area contributed by atoms with Crippen LogP contribution in [0.4, 0.5) is 0 Å². The smallest absolute Gasteiger partial charge is 0.273 e. The van der Waals surface area contributed by atoms with E-state index in [1.165, 1.54) is 11.8 Å². The van der Waals surface area contributed by atoms with Crippen molar-refractivity contribution in [1.29, 1.82) is 0 Å². The lowest BCUT2D eigenvalue weighted by molar-refractivity contribution is -0.136. The average molecular weight is 300 g/mol. The van der Waals surface area contributed by atoms with Gasteiger partial charge in [0.2, 0.25) is 0 Å². The fraction of sp³-hybridized carbons (Fsp3) is 0.167. The van der Waals surface area contributed by atoms with Gasteiger partial charge >= 0.3 is 0 Å². The molecule has 1 heterocycles. The predicted octanol–water partition coefficient (Wildman–Crippen LogP) is 2.91. The first-order chi connectivity index (χ1) is 8.56. The maximum atomic E-state index is 12.0. The van der Waals surface area contributed by atoms with Gasteiger partial charge < -0.3 is 0 Å². The molecule has 0 aliphatic carbocycles. The first-order valence-electron chi connectivity index (χ1n) is 5.28. The minimum absolute atomic E-state index is 0.0107. The second kappa shape index (κ2) is 5.38. The molecule has 0 fully saturated rings. The van der Waals surface area contributed by atoms with Crippen LogP contribution in [0.5, 0.6) is 0 Å². The number of carbonyl (C=O) groups excluding carboxylic acids is 2. The third kappa shape index (κ3) is 2.30. The van der Waals surface area contributed by atoms with Crippen molar-refractivity contribution >= 4 is 47.8 Å². The number of halogens is 1. The molecule has 0 atom stereocenters. The number of hydrogen-bond donors (Lipinski definition) is 1. The summed E-state index contributed by atoms with van der Waals surface area (Å²) in [6.45, 7) is 2.06. The van der Waals surface area contributed by atoms with Gasteiger partial charge in [-0.2, -0.15) is 0 Å². The number of benzene rings is 1. The van der Waals surface area contributed by atoms with Gasteiger partial charge in [-0.05, 0) is 19.1 Å². The van der Waals surface area contributed by atoms with Gasteiger partial charge in [0, 0.05) is 16.3 Å². The van der Waals surface area contributed by atoms with E-state index in [-0.39, 0.29) is 15.8 Å². The molecule has 6 heteroatoms. The van der Waals surface area contributed by atoms with Gasteiger partial charge in [-0.1, -0.05) is 35.5 Å². The van der Waals surface area contributed by atoms with Crippen molar-refractivity contribution in [3.05, 3.63) is 34.2 Å². The van der Waals surface area contributed by atoms with Crippen LogP contribution in [-0.2, 0) is 9.59 Å². The first-order valence-corrected chi connectivity index (χ1v) is 6.92. The number of hydrogen-bond acceptors (Lipinski definition) is 4. The summed E-state index contributed by atoms with van der Waals surface area (Å²) in [5.41, 5.74) is 0. The lowest BCUT2D eigenvalue weighted by Crippen LogP contribution is -2.30. The molecule has 0 spiro atoms. The van der Waals surface area contributed by atoms with Crippen molar-refractivity contribution in [1.82, 2.24) is 4.90 Å². The van der Waals surface area contributed by atoms with Crippen LogP contribution < -0.4 is 0 Å².